The van der Waals surface area contributed by atoms with Crippen LogP contribution >= 0.6 is 0 Å². The first-order valence-electron chi connectivity index (χ1n) is 12.5. The Labute approximate surface area is 194 Å². The third-order valence-corrected chi connectivity index (χ3v) is 8.59. The number of benzene rings is 3. The summed E-state index contributed by atoms with van der Waals surface area (Å²) in [5.41, 5.74) is 11.1. The molecule has 0 radical (unpaired) electrons. The normalized spacial score (nSPS) is 15.4. The second-order valence-corrected chi connectivity index (χ2v) is 10.6. The summed E-state index contributed by atoms with van der Waals surface area (Å²) in [5.74, 6) is 0.846. The monoisotopic (exact) mass is 431 g/mol. The molecule has 0 amide bonds. The predicted octanol–water partition coefficient (Wildman–Crippen LogP) is 7.47. The molecule has 1 aliphatic rings. The van der Waals surface area contributed by atoms with E-state index >= 15 is 0 Å². The maximum absolute atomic E-state index is 2.59. The molecule has 2 heteroatoms. The lowest BCUT2D eigenvalue weighted by atomic mass is 9.94. The van der Waals surface area contributed by atoms with Gasteiger partial charge in [0, 0.05) is 16.8 Å². The Hall–Kier alpha value is -3.13. The third kappa shape index (κ3) is 2.52. The maximum Gasteiger partial charge on any atom is 0.224 e. The Morgan fingerprint density at radius 3 is 2.45 bits per heavy atom. The molecule has 164 valence electrons. The highest BCUT2D eigenvalue weighted by molar-refractivity contribution is 6.26. The summed E-state index contributed by atoms with van der Waals surface area (Å²) in [5, 5.41) is 6.96. The molecule has 2 nitrogen and oxygen atoms in total. The SMILES string of the molecule is Cc1ccc2c(c1C)c1ccc(C)c3c1n2c1cc(CC2CCCC2)cc2cc[n+](C)c3c21. The van der Waals surface area contributed by atoms with E-state index in [2.05, 4.69) is 85.4 Å². The van der Waals surface area contributed by atoms with Crippen LogP contribution < -0.4 is 4.57 Å². The highest BCUT2D eigenvalue weighted by Gasteiger charge is 2.25. The molecule has 1 saturated carbocycles. The van der Waals surface area contributed by atoms with Crippen molar-refractivity contribution in [3.63, 3.8) is 0 Å². The molecule has 0 spiro atoms. The second kappa shape index (κ2) is 6.70. The number of pyridine rings is 2. The summed E-state index contributed by atoms with van der Waals surface area (Å²) < 4.78 is 4.93. The van der Waals surface area contributed by atoms with Crippen molar-refractivity contribution in [1.82, 2.24) is 4.40 Å². The molecule has 0 unspecified atom stereocenters. The molecule has 1 fully saturated rings. The first kappa shape index (κ1) is 19.3. The Bertz CT molecular complexity index is 1730. The van der Waals surface area contributed by atoms with Crippen LogP contribution in [0, 0.1) is 26.7 Å². The molecule has 7 rings (SSSR count). The summed E-state index contributed by atoms with van der Waals surface area (Å²) in [6, 6.07) is 16.6. The molecular weight excluding hydrogens is 400 g/mol. The molecule has 1 aliphatic carbocycles. The highest BCUT2D eigenvalue weighted by atomic mass is 15.0. The van der Waals surface area contributed by atoms with Gasteiger partial charge >= 0.3 is 0 Å². The van der Waals surface area contributed by atoms with Gasteiger partial charge in [-0.1, -0.05) is 49.9 Å². The van der Waals surface area contributed by atoms with Gasteiger partial charge in [0.15, 0.2) is 6.20 Å². The van der Waals surface area contributed by atoms with E-state index in [-0.39, 0.29) is 0 Å². The number of nitrogens with zero attached hydrogens (tertiary/aromatic N) is 2. The minimum absolute atomic E-state index is 0.846. The number of hydrogen-bond donors (Lipinski definition) is 0. The van der Waals surface area contributed by atoms with Gasteiger partial charge in [-0.05, 0) is 72.9 Å². The van der Waals surface area contributed by atoms with Gasteiger partial charge in [-0.15, -0.1) is 0 Å². The summed E-state index contributed by atoms with van der Waals surface area (Å²) in [6.07, 6.45) is 9.05. The average Bonchev–Trinajstić information content (AvgIpc) is 3.43. The van der Waals surface area contributed by atoms with Gasteiger partial charge in [-0.3, -0.25) is 0 Å². The van der Waals surface area contributed by atoms with Crippen molar-refractivity contribution in [1.29, 1.82) is 0 Å². The maximum atomic E-state index is 2.59. The van der Waals surface area contributed by atoms with Crippen LogP contribution in [0.2, 0.25) is 0 Å². The summed E-state index contributed by atoms with van der Waals surface area (Å²) in [4.78, 5) is 0. The number of aromatic nitrogens is 2. The minimum atomic E-state index is 0.846. The fourth-order valence-corrected chi connectivity index (χ4v) is 6.81. The lowest BCUT2D eigenvalue weighted by molar-refractivity contribution is -0.643. The molecule has 0 aliphatic heterocycles. The molecular formula is C31H31N2+. The van der Waals surface area contributed by atoms with Gasteiger partial charge < -0.3 is 4.40 Å². The van der Waals surface area contributed by atoms with E-state index in [1.165, 1.54) is 103 Å². The lowest BCUT2D eigenvalue weighted by Crippen LogP contribution is -2.29. The minimum Gasteiger partial charge on any atom is -0.307 e. The molecule has 0 N–H and O–H groups in total. The van der Waals surface area contributed by atoms with Gasteiger partial charge in [0.05, 0.1) is 27.3 Å². The van der Waals surface area contributed by atoms with E-state index in [9.17, 15) is 0 Å². The van der Waals surface area contributed by atoms with Crippen LogP contribution in [0.15, 0.2) is 48.7 Å². The number of hydrogen-bond acceptors (Lipinski definition) is 0. The van der Waals surface area contributed by atoms with Crippen molar-refractivity contribution in [3.05, 3.63) is 70.9 Å². The fraction of sp³-hybridized carbons (Fsp3) is 0.323. The highest BCUT2D eigenvalue weighted by Crippen LogP contribution is 2.42. The van der Waals surface area contributed by atoms with Gasteiger partial charge in [0.1, 0.15) is 7.05 Å². The third-order valence-electron chi connectivity index (χ3n) is 8.59. The van der Waals surface area contributed by atoms with Crippen molar-refractivity contribution in [2.24, 2.45) is 13.0 Å². The molecule has 3 aromatic heterocycles. The Balaban J connectivity index is 1.75. The van der Waals surface area contributed by atoms with E-state index < -0.39 is 0 Å². The van der Waals surface area contributed by atoms with Crippen molar-refractivity contribution in [2.45, 2.75) is 52.9 Å². The lowest BCUT2D eigenvalue weighted by Gasteiger charge is -2.15. The van der Waals surface area contributed by atoms with Crippen molar-refractivity contribution < 1.29 is 4.57 Å². The Morgan fingerprint density at radius 2 is 1.64 bits per heavy atom. The van der Waals surface area contributed by atoms with Crippen molar-refractivity contribution >= 4 is 49.0 Å². The van der Waals surface area contributed by atoms with Crippen LogP contribution in [0.4, 0.5) is 0 Å². The molecule has 0 atom stereocenters. The zero-order valence-corrected chi connectivity index (χ0v) is 20.1. The van der Waals surface area contributed by atoms with Crippen LogP contribution in [0.3, 0.4) is 0 Å². The van der Waals surface area contributed by atoms with Crippen LogP contribution in [0.1, 0.15) is 47.9 Å². The van der Waals surface area contributed by atoms with Gasteiger partial charge in [0.25, 0.3) is 0 Å². The molecule has 33 heavy (non-hydrogen) atoms. The Kier molecular flexibility index (Phi) is 3.93. The number of aryl methyl sites for hydroxylation is 4. The predicted molar refractivity (Wildman–Crippen MR) is 140 cm³/mol. The molecule has 6 aromatic rings. The van der Waals surface area contributed by atoms with Gasteiger partial charge in [-0.25, -0.2) is 4.57 Å². The quantitative estimate of drug-likeness (QED) is 0.153. The van der Waals surface area contributed by atoms with Crippen LogP contribution in [-0.4, -0.2) is 4.40 Å². The van der Waals surface area contributed by atoms with E-state index in [4.69, 9.17) is 0 Å². The summed E-state index contributed by atoms with van der Waals surface area (Å²) in [6.45, 7) is 6.80. The van der Waals surface area contributed by atoms with Gasteiger partial charge in [-0.2, -0.15) is 0 Å². The van der Waals surface area contributed by atoms with Crippen LogP contribution in [-0.2, 0) is 13.5 Å². The number of rotatable bonds is 2. The smallest absolute Gasteiger partial charge is 0.224 e. The van der Waals surface area contributed by atoms with Crippen molar-refractivity contribution in [3.8, 4) is 0 Å². The molecule has 3 aromatic carbocycles. The van der Waals surface area contributed by atoms with Crippen LogP contribution in [0.5, 0.6) is 0 Å². The summed E-state index contributed by atoms with van der Waals surface area (Å²) >= 11 is 0. The average molecular weight is 432 g/mol. The fourth-order valence-electron chi connectivity index (χ4n) is 6.81. The van der Waals surface area contributed by atoms with E-state index in [0.717, 1.165) is 5.92 Å². The topological polar surface area (TPSA) is 8.29 Å². The molecule has 3 heterocycles. The largest absolute Gasteiger partial charge is 0.307 e. The van der Waals surface area contributed by atoms with Crippen LogP contribution in [0.25, 0.3) is 49.0 Å². The molecule has 0 saturated heterocycles. The first-order chi connectivity index (χ1) is 16.0. The Morgan fingerprint density at radius 1 is 0.848 bits per heavy atom. The second-order valence-electron chi connectivity index (χ2n) is 10.6. The van der Waals surface area contributed by atoms with E-state index in [1.807, 2.05) is 0 Å². The number of fused-ring (bicyclic) bond motifs is 5. The zero-order chi connectivity index (χ0) is 22.4. The molecule has 0 bridgehead atoms. The summed E-state index contributed by atoms with van der Waals surface area (Å²) in [7, 11) is 2.21. The first-order valence-corrected chi connectivity index (χ1v) is 12.5. The van der Waals surface area contributed by atoms with Crippen molar-refractivity contribution in [2.75, 3.05) is 0 Å². The van der Waals surface area contributed by atoms with Gasteiger partial charge in [0.2, 0.25) is 5.52 Å². The van der Waals surface area contributed by atoms with E-state index in [0.29, 0.717) is 0 Å². The van der Waals surface area contributed by atoms with E-state index in [1.54, 1.807) is 0 Å². The zero-order valence-electron chi connectivity index (χ0n) is 20.1. The standard InChI is InChI=1S/C31H31N2/c1-18-10-12-25-28(20(18)3)24-11-9-19(2)27-30(24)33(25)26-17-22(15-21-7-5-6-8-21)16-23-13-14-32(4)31(27)29(23)26/h9-14,16-17,21H,5-8,15H2,1-4H3/q+1.